The molecule has 1 atom stereocenters. The van der Waals surface area contributed by atoms with Crippen LogP contribution in [0.1, 0.15) is 23.1 Å². The van der Waals surface area contributed by atoms with Gasteiger partial charge in [-0.15, -0.1) is 0 Å². The quantitative estimate of drug-likeness (QED) is 0.760. The number of hydrogen-bond acceptors (Lipinski definition) is 3. The molecule has 2 aliphatic rings. The minimum absolute atomic E-state index is 0.288. The third-order valence-corrected chi connectivity index (χ3v) is 5.58. The number of imide groups is 1. The van der Waals surface area contributed by atoms with Gasteiger partial charge in [0.1, 0.15) is 12.1 Å². The van der Waals surface area contributed by atoms with E-state index in [-0.39, 0.29) is 18.4 Å². The summed E-state index contributed by atoms with van der Waals surface area (Å²) in [6, 6.07) is 14.5. The van der Waals surface area contributed by atoms with Crippen molar-refractivity contribution in [1.82, 2.24) is 15.5 Å². The molecule has 7 heteroatoms. The second-order valence-corrected chi connectivity index (χ2v) is 7.55. The number of benzene rings is 2. The second kappa shape index (κ2) is 7.28. The van der Waals surface area contributed by atoms with Crippen molar-refractivity contribution in [2.45, 2.75) is 24.8 Å². The van der Waals surface area contributed by atoms with E-state index in [1.807, 2.05) is 42.5 Å². The molecule has 28 heavy (non-hydrogen) atoms. The van der Waals surface area contributed by atoms with E-state index >= 15 is 0 Å². The molecule has 144 valence electrons. The van der Waals surface area contributed by atoms with Crippen LogP contribution in [0.5, 0.6) is 0 Å². The summed E-state index contributed by atoms with van der Waals surface area (Å²) < 4.78 is 0. The molecule has 0 radical (unpaired) electrons. The van der Waals surface area contributed by atoms with Crippen LogP contribution < -0.4 is 10.6 Å². The van der Waals surface area contributed by atoms with Crippen molar-refractivity contribution in [1.29, 1.82) is 0 Å². The number of amides is 4. The highest BCUT2D eigenvalue weighted by atomic mass is 35.5. The highest BCUT2D eigenvalue weighted by Gasteiger charge is 2.55. The number of carbonyl (C=O) groups is 3. The van der Waals surface area contributed by atoms with Crippen LogP contribution in [0.3, 0.4) is 0 Å². The standard InChI is InChI=1S/C21H20ClN3O3/c22-16-6-3-4-14(12-16)9-11-23-18(26)13-25-19(27)21(24-20(25)28)10-8-15-5-1-2-7-17(15)21/h1-7,12H,8-11,13H2,(H,23,26)(H,24,28)/t21-/m1/s1. The van der Waals surface area contributed by atoms with Gasteiger partial charge in [-0.25, -0.2) is 4.79 Å². The van der Waals surface area contributed by atoms with Crippen LogP contribution in [0.25, 0.3) is 0 Å². The Hall–Kier alpha value is -2.86. The van der Waals surface area contributed by atoms with Crippen LogP contribution in [0, 0.1) is 0 Å². The lowest BCUT2D eigenvalue weighted by Crippen LogP contribution is -2.44. The van der Waals surface area contributed by atoms with Crippen molar-refractivity contribution in [3.63, 3.8) is 0 Å². The molecular weight excluding hydrogens is 378 g/mol. The second-order valence-electron chi connectivity index (χ2n) is 7.11. The first kappa shape index (κ1) is 18.5. The SMILES string of the molecule is O=C(CN1C(=O)N[C@@]2(CCc3ccccc32)C1=O)NCCc1cccc(Cl)c1. The number of nitrogens with zero attached hydrogens (tertiary/aromatic N) is 1. The Labute approximate surface area is 167 Å². The van der Waals surface area contributed by atoms with Gasteiger partial charge in [0.25, 0.3) is 5.91 Å². The van der Waals surface area contributed by atoms with Crippen molar-refractivity contribution in [3.8, 4) is 0 Å². The fraction of sp³-hybridized carbons (Fsp3) is 0.286. The molecule has 6 nitrogen and oxygen atoms in total. The van der Waals surface area contributed by atoms with Crippen LogP contribution >= 0.6 is 11.6 Å². The van der Waals surface area contributed by atoms with E-state index < -0.39 is 11.6 Å². The van der Waals surface area contributed by atoms with Gasteiger partial charge in [0.05, 0.1) is 0 Å². The molecule has 4 amide bonds. The molecule has 4 rings (SSSR count). The molecule has 1 aliphatic heterocycles. The molecule has 0 saturated carbocycles. The zero-order valence-electron chi connectivity index (χ0n) is 15.2. The fourth-order valence-corrected chi connectivity index (χ4v) is 4.18. The number of rotatable bonds is 5. The number of hydrogen-bond donors (Lipinski definition) is 2. The Morgan fingerprint density at radius 3 is 2.82 bits per heavy atom. The molecule has 2 aromatic carbocycles. The first-order chi connectivity index (χ1) is 13.5. The Kier molecular flexibility index (Phi) is 4.81. The molecule has 1 heterocycles. The molecule has 2 aromatic rings. The first-order valence-electron chi connectivity index (χ1n) is 9.23. The number of carbonyl (C=O) groups excluding carboxylic acids is 3. The smallest absolute Gasteiger partial charge is 0.325 e. The van der Waals surface area contributed by atoms with Gasteiger partial charge in [-0.3, -0.25) is 14.5 Å². The molecule has 1 spiro atoms. The van der Waals surface area contributed by atoms with E-state index in [2.05, 4.69) is 10.6 Å². The predicted octanol–water partition coefficient (Wildman–Crippen LogP) is 2.39. The van der Waals surface area contributed by atoms with Crippen molar-refractivity contribution in [2.24, 2.45) is 0 Å². The molecular formula is C21H20ClN3O3. The molecule has 2 N–H and O–H groups in total. The number of halogens is 1. The average Bonchev–Trinajstić information content (AvgIpc) is 3.16. The topological polar surface area (TPSA) is 78.5 Å². The minimum atomic E-state index is -1.03. The number of fused-ring (bicyclic) bond motifs is 2. The zero-order valence-corrected chi connectivity index (χ0v) is 16.0. The maximum atomic E-state index is 13.0. The number of nitrogens with one attached hydrogen (secondary N) is 2. The van der Waals surface area contributed by atoms with Gasteiger partial charge in [0.2, 0.25) is 5.91 Å². The summed E-state index contributed by atoms with van der Waals surface area (Å²) in [5.74, 6) is -0.721. The Bertz CT molecular complexity index is 961. The summed E-state index contributed by atoms with van der Waals surface area (Å²) in [7, 11) is 0. The van der Waals surface area contributed by atoms with Crippen LogP contribution in [0.4, 0.5) is 4.79 Å². The van der Waals surface area contributed by atoms with E-state index in [9.17, 15) is 14.4 Å². The van der Waals surface area contributed by atoms with Gasteiger partial charge in [-0.1, -0.05) is 48.0 Å². The zero-order chi connectivity index (χ0) is 19.7. The van der Waals surface area contributed by atoms with E-state index in [1.165, 1.54) is 0 Å². The molecule has 0 aromatic heterocycles. The minimum Gasteiger partial charge on any atom is -0.354 e. The molecule has 1 aliphatic carbocycles. The summed E-state index contributed by atoms with van der Waals surface area (Å²) in [4.78, 5) is 38.7. The maximum absolute atomic E-state index is 13.0. The van der Waals surface area contributed by atoms with Crippen molar-refractivity contribution < 1.29 is 14.4 Å². The maximum Gasteiger partial charge on any atom is 0.325 e. The third-order valence-electron chi connectivity index (χ3n) is 5.35. The van der Waals surface area contributed by atoms with Crippen LogP contribution in [0.2, 0.25) is 5.02 Å². The molecule has 1 saturated heterocycles. The Morgan fingerprint density at radius 2 is 2.00 bits per heavy atom. The molecule has 1 fully saturated rings. The number of aryl methyl sites for hydroxylation is 1. The van der Waals surface area contributed by atoms with E-state index in [0.717, 1.165) is 28.0 Å². The van der Waals surface area contributed by atoms with Crippen LogP contribution in [-0.2, 0) is 28.0 Å². The van der Waals surface area contributed by atoms with E-state index in [4.69, 9.17) is 11.6 Å². The lowest BCUT2D eigenvalue weighted by molar-refractivity contribution is -0.135. The Morgan fingerprint density at radius 1 is 1.18 bits per heavy atom. The van der Waals surface area contributed by atoms with Gasteiger partial charge >= 0.3 is 6.03 Å². The van der Waals surface area contributed by atoms with E-state index in [0.29, 0.717) is 24.4 Å². The van der Waals surface area contributed by atoms with Gasteiger partial charge < -0.3 is 10.6 Å². The predicted molar refractivity (Wildman–Crippen MR) is 105 cm³/mol. The molecule has 0 unspecified atom stereocenters. The van der Waals surface area contributed by atoms with Crippen LogP contribution in [-0.4, -0.2) is 35.8 Å². The third kappa shape index (κ3) is 3.24. The summed E-state index contributed by atoms with van der Waals surface area (Å²) in [5.41, 5.74) is 1.86. The summed E-state index contributed by atoms with van der Waals surface area (Å²) >= 11 is 5.95. The van der Waals surface area contributed by atoms with Gasteiger partial charge in [0, 0.05) is 11.6 Å². The summed E-state index contributed by atoms with van der Waals surface area (Å²) in [6.07, 6.45) is 1.86. The monoisotopic (exact) mass is 397 g/mol. The largest absolute Gasteiger partial charge is 0.354 e. The summed E-state index contributed by atoms with van der Waals surface area (Å²) in [6.45, 7) is 0.112. The highest BCUT2D eigenvalue weighted by molar-refractivity contribution is 6.30. The summed E-state index contributed by atoms with van der Waals surface area (Å²) in [5, 5.41) is 6.23. The van der Waals surface area contributed by atoms with Crippen molar-refractivity contribution in [2.75, 3.05) is 13.1 Å². The number of urea groups is 1. The lowest BCUT2D eigenvalue weighted by Gasteiger charge is -2.22. The van der Waals surface area contributed by atoms with Crippen molar-refractivity contribution in [3.05, 3.63) is 70.2 Å². The van der Waals surface area contributed by atoms with Crippen LogP contribution in [0.15, 0.2) is 48.5 Å². The molecule has 0 bridgehead atoms. The van der Waals surface area contributed by atoms with Gasteiger partial charge in [-0.2, -0.15) is 0 Å². The van der Waals surface area contributed by atoms with Gasteiger partial charge in [0.15, 0.2) is 0 Å². The highest BCUT2D eigenvalue weighted by Crippen LogP contribution is 2.41. The average molecular weight is 398 g/mol. The van der Waals surface area contributed by atoms with Gasteiger partial charge in [-0.05, 0) is 48.1 Å². The normalized spacial score (nSPS) is 20.4. The Balaban J connectivity index is 1.38. The lowest BCUT2D eigenvalue weighted by atomic mass is 9.92. The fourth-order valence-electron chi connectivity index (χ4n) is 3.97. The first-order valence-corrected chi connectivity index (χ1v) is 9.61. The van der Waals surface area contributed by atoms with Crippen molar-refractivity contribution >= 4 is 29.4 Å². The van der Waals surface area contributed by atoms with E-state index in [1.54, 1.807) is 6.07 Å².